The zero-order valence-corrected chi connectivity index (χ0v) is 19.0. The lowest BCUT2D eigenvalue weighted by Gasteiger charge is -2.45. The second-order valence-corrected chi connectivity index (χ2v) is 10.4. The Labute approximate surface area is 165 Å². The van der Waals surface area contributed by atoms with Crippen molar-refractivity contribution >= 4 is 0 Å². The van der Waals surface area contributed by atoms with Gasteiger partial charge in [0.05, 0.1) is 0 Å². The number of hydrogen-bond donors (Lipinski definition) is 0. The zero-order chi connectivity index (χ0) is 19.1. The van der Waals surface area contributed by atoms with E-state index in [9.17, 15) is 0 Å². The number of hydrogen-bond acceptors (Lipinski definition) is 1. The molecule has 6 atom stereocenters. The molecule has 0 heterocycles. The lowest BCUT2D eigenvalue weighted by atomic mass is 9.65. The predicted octanol–water partition coefficient (Wildman–Crippen LogP) is 7.54. The Balaban J connectivity index is 1.92. The molecule has 0 amide bonds. The number of nitrogens with zero attached hydrogens (tertiary/aromatic N) is 1. The third-order valence-corrected chi connectivity index (χ3v) is 8.10. The average Bonchev–Trinajstić information content (AvgIpc) is 2.63. The van der Waals surface area contributed by atoms with Crippen LogP contribution < -0.4 is 0 Å². The molecule has 154 valence electrons. The predicted molar refractivity (Wildman–Crippen MR) is 117 cm³/mol. The van der Waals surface area contributed by atoms with E-state index in [0.717, 1.165) is 35.6 Å². The molecule has 2 aliphatic rings. The second-order valence-electron chi connectivity index (χ2n) is 10.4. The van der Waals surface area contributed by atoms with Gasteiger partial charge in [-0.15, -0.1) is 0 Å². The third kappa shape index (κ3) is 6.25. The van der Waals surface area contributed by atoms with E-state index in [4.69, 9.17) is 0 Å². The van der Waals surface area contributed by atoms with Gasteiger partial charge >= 0.3 is 0 Å². The van der Waals surface area contributed by atoms with Gasteiger partial charge in [-0.3, -0.25) is 4.90 Å². The van der Waals surface area contributed by atoms with Crippen LogP contribution in [0.4, 0.5) is 0 Å². The van der Waals surface area contributed by atoms with Crippen LogP contribution in [-0.4, -0.2) is 23.5 Å². The van der Waals surface area contributed by atoms with E-state index in [1.54, 1.807) is 0 Å². The van der Waals surface area contributed by atoms with Gasteiger partial charge in [-0.25, -0.2) is 0 Å². The summed E-state index contributed by atoms with van der Waals surface area (Å²) in [6, 6.07) is 1.42. The highest BCUT2D eigenvalue weighted by molar-refractivity contribution is 4.88. The summed E-state index contributed by atoms with van der Waals surface area (Å²) < 4.78 is 0. The molecule has 2 fully saturated rings. The van der Waals surface area contributed by atoms with E-state index in [2.05, 4.69) is 46.4 Å². The largest absolute Gasteiger partial charge is 0.298 e. The van der Waals surface area contributed by atoms with Gasteiger partial charge in [0, 0.05) is 18.6 Å². The zero-order valence-electron chi connectivity index (χ0n) is 19.0. The Morgan fingerprint density at radius 1 is 0.846 bits per heavy atom. The summed E-state index contributed by atoms with van der Waals surface area (Å²) in [5.41, 5.74) is 0. The van der Waals surface area contributed by atoms with E-state index in [-0.39, 0.29) is 0 Å². The third-order valence-electron chi connectivity index (χ3n) is 8.10. The second kappa shape index (κ2) is 11.1. The standard InChI is InChI=1S/C25H49N/c1-7-8-12-20(4)21(5)17-22(6)26(19(2)3)18-24-15-11-14-23-13-9-10-16-25(23)24/h19-25H,7-18H2,1-6H3. The van der Waals surface area contributed by atoms with Crippen molar-refractivity contribution in [2.75, 3.05) is 6.54 Å². The Hall–Kier alpha value is -0.0400. The van der Waals surface area contributed by atoms with Crippen molar-refractivity contribution in [3.05, 3.63) is 0 Å². The van der Waals surface area contributed by atoms with E-state index in [1.165, 1.54) is 77.2 Å². The molecule has 1 heteroatoms. The molecular weight excluding hydrogens is 314 g/mol. The highest BCUT2D eigenvalue weighted by Crippen LogP contribution is 2.44. The quantitative estimate of drug-likeness (QED) is 0.387. The summed E-state index contributed by atoms with van der Waals surface area (Å²) in [6.07, 6.45) is 16.1. The molecule has 0 bridgehead atoms. The average molecular weight is 364 g/mol. The molecular formula is C25H49N. The van der Waals surface area contributed by atoms with Gasteiger partial charge in [-0.1, -0.05) is 72.1 Å². The van der Waals surface area contributed by atoms with Gasteiger partial charge in [0.25, 0.3) is 0 Å². The maximum Gasteiger partial charge on any atom is 0.00723 e. The first-order chi connectivity index (χ1) is 12.4. The monoisotopic (exact) mass is 363 g/mol. The molecule has 0 aromatic heterocycles. The maximum absolute atomic E-state index is 2.88. The van der Waals surface area contributed by atoms with E-state index in [0.29, 0.717) is 6.04 Å². The lowest BCUT2D eigenvalue weighted by Crippen LogP contribution is -2.46. The van der Waals surface area contributed by atoms with Gasteiger partial charge in [-0.2, -0.15) is 0 Å². The Bertz CT molecular complexity index is 374. The van der Waals surface area contributed by atoms with Crippen LogP contribution >= 0.6 is 0 Å². The summed E-state index contributed by atoms with van der Waals surface area (Å²) in [4.78, 5) is 2.88. The number of rotatable bonds is 10. The summed E-state index contributed by atoms with van der Waals surface area (Å²) >= 11 is 0. The molecule has 0 spiro atoms. The van der Waals surface area contributed by atoms with Crippen LogP contribution in [0, 0.1) is 29.6 Å². The van der Waals surface area contributed by atoms with Crippen molar-refractivity contribution in [1.82, 2.24) is 4.90 Å². The molecule has 2 aliphatic carbocycles. The molecule has 0 aromatic carbocycles. The van der Waals surface area contributed by atoms with E-state index in [1.807, 2.05) is 0 Å². The van der Waals surface area contributed by atoms with E-state index < -0.39 is 0 Å². The molecule has 0 aliphatic heterocycles. The van der Waals surface area contributed by atoms with Crippen LogP contribution in [-0.2, 0) is 0 Å². The lowest BCUT2D eigenvalue weighted by molar-refractivity contribution is 0.0411. The molecule has 2 rings (SSSR count). The minimum Gasteiger partial charge on any atom is -0.298 e. The molecule has 26 heavy (non-hydrogen) atoms. The van der Waals surface area contributed by atoms with Crippen LogP contribution in [0.5, 0.6) is 0 Å². The normalized spacial score (nSPS) is 30.2. The van der Waals surface area contributed by atoms with Gasteiger partial charge < -0.3 is 0 Å². The molecule has 0 saturated heterocycles. The minimum atomic E-state index is 0.687. The Kier molecular flexibility index (Phi) is 9.48. The van der Waals surface area contributed by atoms with Crippen LogP contribution in [0.1, 0.15) is 112 Å². The Morgan fingerprint density at radius 2 is 1.54 bits per heavy atom. The van der Waals surface area contributed by atoms with Crippen LogP contribution in [0.15, 0.2) is 0 Å². The summed E-state index contributed by atoms with van der Waals surface area (Å²) in [5.74, 6) is 4.83. The fraction of sp³-hybridized carbons (Fsp3) is 1.00. The van der Waals surface area contributed by atoms with Crippen LogP contribution in [0.2, 0.25) is 0 Å². The first kappa shape index (κ1) is 22.3. The highest BCUT2D eigenvalue weighted by Gasteiger charge is 2.36. The summed E-state index contributed by atoms with van der Waals surface area (Å²) in [7, 11) is 0. The van der Waals surface area contributed by atoms with Gasteiger partial charge in [0.15, 0.2) is 0 Å². The Morgan fingerprint density at radius 3 is 2.23 bits per heavy atom. The first-order valence-electron chi connectivity index (χ1n) is 12.2. The summed E-state index contributed by atoms with van der Waals surface area (Å²) in [5, 5.41) is 0. The smallest absolute Gasteiger partial charge is 0.00723 e. The summed E-state index contributed by atoms with van der Waals surface area (Å²) in [6.45, 7) is 16.1. The van der Waals surface area contributed by atoms with Crippen molar-refractivity contribution in [2.45, 2.75) is 124 Å². The fourth-order valence-corrected chi connectivity index (χ4v) is 6.19. The highest BCUT2D eigenvalue weighted by atomic mass is 15.2. The SMILES string of the molecule is CCCCC(C)C(C)CC(C)N(CC1CCCC2CCCCC21)C(C)C. The number of unbranched alkanes of at least 4 members (excludes halogenated alkanes) is 1. The van der Waals surface area contributed by atoms with Gasteiger partial charge in [-0.05, 0) is 69.6 Å². The molecule has 0 N–H and O–H groups in total. The molecule has 0 radical (unpaired) electrons. The van der Waals surface area contributed by atoms with Crippen molar-refractivity contribution in [3.63, 3.8) is 0 Å². The van der Waals surface area contributed by atoms with Gasteiger partial charge in [0.1, 0.15) is 0 Å². The van der Waals surface area contributed by atoms with Crippen LogP contribution in [0.3, 0.4) is 0 Å². The minimum absolute atomic E-state index is 0.687. The molecule has 2 saturated carbocycles. The van der Waals surface area contributed by atoms with Gasteiger partial charge in [0.2, 0.25) is 0 Å². The molecule has 6 unspecified atom stereocenters. The molecule has 0 aromatic rings. The van der Waals surface area contributed by atoms with Crippen molar-refractivity contribution in [3.8, 4) is 0 Å². The van der Waals surface area contributed by atoms with Crippen molar-refractivity contribution in [1.29, 1.82) is 0 Å². The first-order valence-corrected chi connectivity index (χ1v) is 12.2. The fourth-order valence-electron chi connectivity index (χ4n) is 6.19. The number of fused-ring (bicyclic) bond motifs is 1. The van der Waals surface area contributed by atoms with E-state index >= 15 is 0 Å². The van der Waals surface area contributed by atoms with Crippen LogP contribution in [0.25, 0.3) is 0 Å². The molecule has 1 nitrogen and oxygen atoms in total. The maximum atomic E-state index is 2.88. The van der Waals surface area contributed by atoms with Crippen molar-refractivity contribution < 1.29 is 0 Å². The van der Waals surface area contributed by atoms with Crippen molar-refractivity contribution in [2.24, 2.45) is 29.6 Å². The topological polar surface area (TPSA) is 3.24 Å².